The minimum absolute atomic E-state index is 0.121. The molecule has 0 fully saturated rings. The lowest BCUT2D eigenvalue weighted by atomic mass is 10.0. The molecule has 112 valence electrons. The van der Waals surface area contributed by atoms with Crippen LogP contribution in [0.4, 0.5) is 0 Å². The van der Waals surface area contributed by atoms with E-state index in [-0.39, 0.29) is 6.04 Å². The van der Waals surface area contributed by atoms with E-state index in [1.807, 2.05) is 10.9 Å². The molecule has 0 amide bonds. The first-order valence-corrected chi connectivity index (χ1v) is 7.60. The second kappa shape index (κ2) is 5.10. The molecule has 5 heteroatoms. The summed E-state index contributed by atoms with van der Waals surface area (Å²) in [5.41, 5.74) is 7.12. The molecule has 3 aromatic rings. The standard InChI is InChI=1S/C17H19N5/c1-11-3-4-14(7-12(11)2)22-9-13(8-21-22)16-17-15(5-6-18-16)19-10-20-17/h3-4,7-10,16,18H,5-6H2,1-2H3,(H,19,20). The summed E-state index contributed by atoms with van der Waals surface area (Å²) in [5.74, 6) is 0. The maximum atomic E-state index is 4.53. The number of nitrogens with zero attached hydrogens (tertiary/aromatic N) is 3. The molecule has 4 rings (SSSR count). The number of imidazole rings is 1. The number of benzene rings is 1. The predicted octanol–water partition coefficient (Wildman–Crippen LogP) is 2.45. The second-order valence-electron chi connectivity index (χ2n) is 5.89. The van der Waals surface area contributed by atoms with E-state index in [0.29, 0.717) is 0 Å². The zero-order valence-electron chi connectivity index (χ0n) is 12.8. The minimum Gasteiger partial charge on any atom is -0.348 e. The Kier molecular flexibility index (Phi) is 3.08. The SMILES string of the molecule is Cc1ccc(-n2cc(C3NCCc4[nH]cnc43)cn2)cc1C. The lowest BCUT2D eigenvalue weighted by Crippen LogP contribution is -2.30. The summed E-state index contributed by atoms with van der Waals surface area (Å²) < 4.78 is 1.93. The van der Waals surface area contributed by atoms with Gasteiger partial charge in [0.25, 0.3) is 0 Å². The van der Waals surface area contributed by atoms with Crippen molar-refractivity contribution < 1.29 is 0 Å². The third-order valence-electron chi connectivity index (χ3n) is 4.44. The van der Waals surface area contributed by atoms with E-state index in [4.69, 9.17) is 0 Å². The Hall–Kier alpha value is -2.40. The number of aromatic nitrogens is 4. The van der Waals surface area contributed by atoms with Crippen LogP contribution in [0.5, 0.6) is 0 Å². The van der Waals surface area contributed by atoms with Gasteiger partial charge < -0.3 is 10.3 Å². The number of nitrogens with one attached hydrogen (secondary N) is 2. The molecule has 5 nitrogen and oxygen atoms in total. The Labute approximate surface area is 129 Å². The normalized spacial score (nSPS) is 17.5. The number of H-pyrrole nitrogens is 1. The number of aryl methyl sites for hydroxylation is 2. The van der Waals surface area contributed by atoms with Gasteiger partial charge in [-0.25, -0.2) is 9.67 Å². The monoisotopic (exact) mass is 293 g/mol. The number of rotatable bonds is 2. The smallest absolute Gasteiger partial charge is 0.0926 e. The van der Waals surface area contributed by atoms with Crippen molar-refractivity contribution in [1.29, 1.82) is 0 Å². The van der Waals surface area contributed by atoms with E-state index in [1.54, 1.807) is 6.33 Å². The van der Waals surface area contributed by atoms with Crippen LogP contribution in [0, 0.1) is 13.8 Å². The van der Waals surface area contributed by atoms with Crippen LogP contribution >= 0.6 is 0 Å². The van der Waals surface area contributed by atoms with Crippen molar-refractivity contribution in [3.05, 3.63) is 65.0 Å². The van der Waals surface area contributed by atoms with E-state index >= 15 is 0 Å². The van der Waals surface area contributed by atoms with Crippen LogP contribution in [0.25, 0.3) is 5.69 Å². The Balaban J connectivity index is 1.69. The Morgan fingerprint density at radius 1 is 1.23 bits per heavy atom. The highest BCUT2D eigenvalue weighted by Gasteiger charge is 2.24. The molecule has 0 aliphatic carbocycles. The van der Waals surface area contributed by atoms with E-state index in [9.17, 15) is 0 Å². The van der Waals surface area contributed by atoms with Crippen molar-refractivity contribution in [2.45, 2.75) is 26.3 Å². The molecule has 1 unspecified atom stereocenters. The van der Waals surface area contributed by atoms with E-state index < -0.39 is 0 Å². The average molecular weight is 293 g/mol. The van der Waals surface area contributed by atoms with Gasteiger partial charge in [-0.3, -0.25) is 0 Å². The van der Waals surface area contributed by atoms with Gasteiger partial charge in [-0.05, 0) is 37.1 Å². The van der Waals surface area contributed by atoms with Crippen molar-refractivity contribution in [3.8, 4) is 5.69 Å². The van der Waals surface area contributed by atoms with Gasteiger partial charge in [0.1, 0.15) is 0 Å². The van der Waals surface area contributed by atoms with Crippen LogP contribution < -0.4 is 5.32 Å². The fraction of sp³-hybridized carbons (Fsp3) is 0.294. The summed E-state index contributed by atoms with van der Waals surface area (Å²) in [4.78, 5) is 7.70. The van der Waals surface area contributed by atoms with E-state index in [1.165, 1.54) is 16.8 Å². The summed E-state index contributed by atoms with van der Waals surface area (Å²) in [6.45, 7) is 5.20. The average Bonchev–Trinajstić information content (AvgIpc) is 3.18. The van der Waals surface area contributed by atoms with Crippen LogP contribution in [0.1, 0.15) is 34.1 Å². The number of hydrogen-bond donors (Lipinski definition) is 2. The van der Waals surface area contributed by atoms with Crippen LogP contribution in [0.2, 0.25) is 0 Å². The van der Waals surface area contributed by atoms with Gasteiger partial charge in [-0.2, -0.15) is 5.10 Å². The molecule has 0 spiro atoms. The van der Waals surface area contributed by atoms with E-state index in [0.717, 1.165) is 29.9 Å². The summed E-state index contributed by atoms with van der Waals surface area (Å²) in [5, 5.41) is 8.06. The van der Waals surface area contributed by atoms with Crippen LogP contribution in [0.3, 0.4) is 0 Å². The predicted molar refractivity (Wildman–Crippen MR) is 85.2 cm³/mol. The molecule has 2 N–H and O–H groups in total. The molecule has 0 radical (unpaired) electrons. The van der Waals surface area contributed by atoms with Crippen molar-refractivity contribution in [2.75, 3.05) is 6.54 Å². The first kappa shape index (κ1) is 13.3. The van der Waals surface area contributed by atoms with Gasteiger partial charge in [-0.15, -0.1) is 0 Å². The summed E-state index contributed by atoms with van der Waals surface area (Å²) in [6.07, 6.45) is 6.79. The summed E-state index contributed by atoms with van der Waals surface area (Å²) >= 11 is 0. The topological polar surface area (TPSA) is 58.5 Å². The lowest BCUT2D eigenvalue weighted by molar-refractivity contribution is 0.553. The number of aromatic amines is 1. The van der Waals surface area contributed by atoms with Gasteiger partial charge in [0.05, 0.1) is 29.9 Å². The van der Waals surface area contributed by atoms with Crippen molar-refractivity contribution in [1.82, 2.24) is 25.1 Å². The minimum atomic E-state index is 0.121. The molecular weight excluding hydrogens is 274 g/mol. The number of hydrogen-bond acceptors (Lipinski definition) is 3. The van der Waals surface area contributed by atoms with Gasteiger partial charge in [0.15, 0.2) is 0 Å². The van der Waals surface area contributed by atoms with Gasteiger partial charge >= 0.3 is 0 Å². The lowest BCUT2D eigenvalue weighted by Gasteiger charge is -2.21. The molecule has 1 aromatic carbocycles. The second-order valence-corrected chi connectivity index (χ2v) is 5.89. The summed E-state index contributed by atoms with van der Waals surface area (Å²) in [6, 6.07) is 6.53. The van der Waals surface area contributed by atoms with Crippen LogP contribution in [0.15, 0.2) is 36.9 Å². The van der Waals surface area contributed by atoms with E-state index in [2.05, 4.69) is 58.6 Å². The fourth-order valence-electron chi connectivity index (χ4n) is 2.99. The Morgan fingerprint density at radius 3 is 3.00 bits per heavy atom. The molecule has 0 saturated carbocycles. The van der Waals surface area contributed by atoms with Crippen molar-refractivity contribution in [2.24, 2.45) is 0 Å². The maximum Gasteiger partial charge on any atom is 0.0926 e. The first-order chi connectivity index (χ1) is 10.7. The van der Waals surface area contributed by atoms with Crippen molar-refractivity contribution >= 4 is 0 Å². The molecule has 2 aromatic heterocycles. The quantitative estimate of drug-likeness (QED) is 0.763. The molecule has 1 atom stereocenters. The largest absolute Gasteiger partial charge is 0.348 e. The Morgan fingerprint density at radius 2 is 2.14 bits per heavy atom. The molecular formula is C17H19N5. The van der Waals surface area contributed by atoms with Crippen LogP contribution in [-0.2, 0) is 6.42 Å². The highest BCUT2D eigenvalue weighted by atomic mass is 15.3. The first-order valence-electron chi connectivity index (χ1n) is 7.60. The van der Waals surface area contributed by atoms with Crippen molar-refractivity contribution in [3.63, 3.8) is 0 Å². The highest BCUT2D eigenvalue weighted by molar-refractivity contribution is 5.40. The van der Waals surface area contributed by atoms with Gasteiger partial charge in [0.2, 0.25) is 0 Å². The zero-order valence-corrected chi connectivity index (χ0v) is 12.8. The molecule has 1 aliphatic heterocycles. The Bertz CT molecular complexity index is 814. The summed E-state index contributed by atoms with van der Waals surface area (Å²) in [7, 11) is 0. The highest BCUT2D eigenvalue weighted by Crippen LogP contribution is 2.26. The third-order valence-corrected chi connectivity index (χ3v) is 4.44. The van der Waals surface area contributed by atoms with Crippen LogP contribution in [-0.4, -0.2) is 26.3 Å². The van der Waals surface area contributed by atoms with Gasteiger partial charge in [-0.1, -0.05) is 6.07 Å². The zero-order chi connectivity index (χ0) is 15.1. The number of fused-ring (bicyclic) bond motifs is 1. The molecule has 0 bridgehead atoms. The fourth-order valence-corrected chi connectivity index (χ4v) is 2.99. The molecule has 1 aliphatic rings. The maximum absolute atomic E-state index is 4.53. The molecule has 0 saturated heterocycles. The molecule has 22 heavy (non-hydrogen) atoms. The van der Waals surface area contributed by atoms with Gasteiger partial charge in [0, 0.05) is 30.4 Å². The third kappa shape index (κ3) is 2.14. The molecule has 3 heterocycles.